The van der Waals surface area contributed by atoms with Crippen molar-refractivity contribution >= 4 is 29.4 Å². The van der Waals surface area contributed by atoms with Crippen molar-refractivity contribution in [1.29, 1.82) is 0 Å². The first-order valence-electron chi connectivity index (χ1n) is 13.7. The smallest absolute Gasteiger partial charge is 0.481 e. The molecule has 51 heavy (non-hydrogen) atoms. The van der Waals surface area contributed by atoms with E-state index >= 15 is 0 Å². The molecule has 0 spiro atoms. The first-order chi connectivity index (χ1) is 23.6. The van der Waals surface area contributed by atoms with E-state index in [2.05, 4.69) is 40.3 Å². The number of imidazole rings is 1. The Morgan fingerprint density at radius 2 is 1.33 bits per heavy atom. The van der Waals surface area contributed by atoms with Crippen molar-refractivity contribution < 1.29 is 74.0 Å². The van der Waals surface area contributed by atoms with Gasteiger partial charge in [0.15, 0.2) is 11.5 Å². The van der Waals surface area contributed by atoms with E-state index in [1.165, 1.54) is 0 Å². The molecule has 5 heterocycles. The van der Waals surface area contributed by atoms with Gasteiger partial charge in [0.1, 0.15) is 0 Å². The molecule has 1 aliphatic rings. The molecule has 0 aliphatic carbocycles. The second kappa shape index (κ2) is 17.3. The molecule has 3 N–H and O–H groups in total. The van der Waals surface area contributed by atoms with Crippen LogP contribution in [0.2, 0.25) is 0 Å². The molecule has 0 saturated carbocycles. The van der Waals surface area contributed by atoms with Crippen LogP contribution in [0.1, 0.15) is 5.56 Å². The highest BCUT2D eigenvalue weighted by atomic mass is 19.4. The van der Waals surface area contributed by atoms with Crippen LogP contribution in [0.25, 0.3) is 16.9 Å². The van der Waals surface area contributed by atoms with E-state index in [9.17, 15) is 39.5 Å². The predicted molar refractivity (Wildman–Crippen MR) is 155 cm³/mol. The number of nitrogens with zero attached hydrogens (tertiary/aromatic N) is 8. The van der Waals surface area contributed by atoms with Crippen LogP contribution in [0, 0.1) is 0 Å². The van der Waals surface area contributed by atoms with E-state index in [0.717, 1.165) is 61.0 Å². The number of rotatable bonds is 5. The van der Waals surface area contributed by atoms with Crippen LogP contribution < -0.4 is 9.64 Å². The minimum absolute atomic E-state index is 0.701. The molecule has 4 aromatic rings. The maximum atomic E-state index is 10.6. The predicted octanol–water partition coefficient (Wildman–Crippen LogP) is 3.76. The lowest BCUT2D eigenvalue weighted by atomic mass is 10.2. The first-order valence-corrected chi connectivity index (χ1v) is 13.7. The van der Waals surface area contributed by atoms with E-state index in [-0.39, 0.29) is 0 Å². The third kappa shape index (κ3) is 12.6. The number of aromatic nitrogens is 6. The fraction of sp³-hybridized carbons (Fsp3) is 0.370. The van der Waals surface area contributed by atoms with Crippen LogP contribution in [-0.4, -0.2) is 119 Å². The molecule has 1 fully saturated rings. The number of alkyl halides is 9. The average molecular weight is 747 g/mol. The summed E-state index contributed by atoms with van der Waals surface area (Å²) in [5.41, 5.74) is 4.04. The zero-order chi connectivity index (χ0) is 38.7. The van der Waals surface area contributed by atoms with Crippen molar-refractivity contribution in [2.45, 2.75) is 25.1 Å². The largest absolute Gasteiger partial charge is 0.490 e. The summed E-state index contributed by atoms with van der Waals surface area (Å²) < 4.78 is 104. The quantitative estimate of drug-likeness (QED) is 0.251. The number of aryl methyl sites for hydroxylation is 1. The normalized spacial score (nSPS) is 13.5. The highest BCUT2D eigenvalue weighted by Gasteiger charge is 2.39. The van der Waals surface area contributed by atoms with Crippen molar-refractivity contribution in [1.82, 2.24) is 34.0 Å². The van der Waals surface area contributed by atoms with Crippen LogP contribution >= 0.6 is 0 Å². The van der Waals surface area contributed by atoms with Crippen molar-refractivity contribution in [2.75, 3.05) is 38.2 Å². The number of carboxylic acids is 3. The lowest BCUT2D eigenvalue weighted by Crippen LogP contribution is -2.46. The first kappa shape index (κ1) is 41.5. The van der Waals surface area contributed by atoms with Crippen molar-refractivity contribution in [2.24, 2.45) is 7.05 Å². The second-order valence-electron chi connectivity index (χ2n) is 9.83. The van der Waals surface area contributed by atoms with E-state index < -0.39 is 36.4 Å². The van der Waals surface area contributed by atoms with Crippen LogP contribution in [-0.2, 0) is 28.0 Å². The molecule has 0 atom stereocenters. The Hall–Kier alpha value is -5.68. The Morgan fingerprint density at radius 1 is 0.804 bits per heavy atom. The zero-order valence-corrected chi connectivity index (χ0v) is 26.1. The molecule has 1 saturated heterocycles. The number of anilines is 1. The molecule has 24 heteroatoms. The van der Waals surface area contributed by atoms with Gasteiger partial charge in [-0.3, -0.25) is 14.0 Å². The standard InChI is InChI=1S/C21H24N8O.3C2HF3O2/c1-26-14-17(12-25-26)18-13-24-20-19(22-6-7-29(18)20)28-10-8-27(9-11-28)15-16-4-3-5-23-21(16)30-2;3*3-2(4,5)1(6)7/h3-7,12-14H,8-11,15H2,1-2H3;3*(H,6,7). The topological polar surface area (TPSA) is 189 Å². The molecule has 0 radical (unpaired) electrons. The highest BCUT2D eigenvalue weighted by Crippen LogP contribution is 2.26. The Kier molecular flexibility index (Phi) is 14.1. The lowest BCUT2D eigenvalue weighted by Gasteiger charge is -2.35. The number of ether oxygens (including phenoxy) is 1. The summed E-state index contributed by atoms with van der Waals surface area (Å²) in [6.45, 7) is 4.50. The van der Waals surface area contributed by atoms with Gasteiger partial charge in [-0.05, 0) is 6.07 Å². The Labute approximate surface area is 280 Å². The van der Waals surface area contributed by atoms with Crippen LogP contribution in [0.4, 0.5) is 45.3 Å². The number of carboxylic acid groups (broad SMARTS) is 3. The fourth-order valence-corrected chi connectivity index (χ4v) is 3.98. The number of halogens is 9. The number of piperazine rings is 1. The minimum Gasteiger partial charge on any atom is -0.481 e. The summed E-state index contributed by atoms with van der Waals surface area (Å²) in [4.78, 5) is 45.0. The number of carbonyl (C=O) groups is 3. The number of methoxy groups -OCH3 is 1. The zero-order valence-electron chi connectivity index (χ0n) is 26.1. The van der Waals surface area contributed by atoms with Gasteiger partial charge in [0.25, 0.3) is 0 Å². The molecule has 280 valence electrons. The van der Waals surface area contributed by atoms with Gasteiger partial charge in [0.05, 0.1) is 25.2 Å². The van der Waals surface area contributed by atoms with Crippen LogP contribution in [0.15, 0.2) is 49.3 Å². The number of hydrogen-bond donors (Lipinski definition) is 3. The van der Waals surface area contributed by atoms with Gasteiger partial charge in [0.2, 0.25) is 5.88 Å². The Balaban J connectivity index is 0.000000352. The molecule has 0 unspecified atom stereocenters. The molecule has 0 bridgehead atoms. The van der Waals surface area contributed by atoms with Gasteiger partial charge < -0.3 is 25.0 Å². The lowest BCUT2D eigenvalue weighted by molar-refractivity contribution is -0.193. The van der Waals surface area contributed by atoms with Crippen molar-refractivity contribution in [3.8, 4) is 17.1 Å². The van der Waals surface area contributed by atoms with Gasteiger partial charge in [-0.15, -0.1) is 0 Å². The van der Waals surface area contributed by atoms with Crippen molar-refractivity contribution in [3.63, 3.8) is 0 Å². The minimum atomic E-state index is -5.08. The molecular formula is C27H27F9N8O7. The second-order valence-corrected chi connectivity index (χ2v) is 9.83. The molecule has 0 amide bonds. The molecule has 0 aromatic carbocycles. The SMILES string of the molecule is COc1ncccc1CN1CCN(c2nccn3c(-c4cnn(C)c4)cnc23)CC1.O=C(O)C(F)(F)F.O=C(O)C(F)(F)F.O=C(O)C(F)(F)F. The number of hydrogen-bond acceptors (Lipinski definition) is 10. The van der Waals surface area contributed by atoms with Gasteiger partial charge in [0, 0.05) is 75.7 Å². The summed E-state index contributed by atoms with van der Waals surface area (Å²) in [5.74, 6) is -6.65. The summed E-state index contributed by atoms with van der Waals surface area (Å²) >= 11 is 0. The third-order valence-electron chi connectivity index (χ3n) is 6.25. The monoisotopic (exact) mass is 746 g/mol. The van der Waals surface area contributed by atoms with E-state index in [1.807, 2.05) is 44.1 Å². The van der Waals surface area contributed by atoms with E-state index in [4.69, 9.17) is 34.4 Å². The summed E-state index contributed by atoms with van der Waals surface area (Å²) in [6.07, 6.45) is -3.95. The Bertz CT molecular complexity index is 1710. The number of pyridine rings is 1. The highest BCUT2D eigenvalue weighted by molar-refractivity contribution is 5.74. The molecule has 5 rings (SSSR count). The fourth-order valence-electron chi connectivity index (χ4n) is 3.98. The summed E-state index contributed by atoms with van der Waals surface area (Å²) in [6, 6.07) is 4.03. The van der Waals surface area contributed by atoms with Gasteiger partial charge in [-0.2, -0.15) is 44.6 Å². The maximum Gasteiger partial charge on any atom is 0.490 e. The van der Waals surface area contributed by atoms with Gasteiger partial charge >= 0.3 is 36.4 Å². The van der Waals surface area contributed by atoms with Crippen LogP contribution in [0.5, 0.6) is 5.88 Å². The summed E-state index contributed by atoms with van der Waals surface area (Å²) in [7, 11) is 3.58. The summed E-state index contributed by atoms with van der Waals surface area (Å²) in [5, 5.41) is 25.7. The average Bonchev–Trinajstić information content (AvgIpc) is 3.67. The van der Waals surface area contributed by atoms with Gasteiger partial charge in [-0.1, -0.05) is 6.07 Å². The molecular weight excluding hydrogens is 719 g/mol. The van der Waals surface area contributed by atoms with Gasteiger partial charge in [-0.25, -0.2) is 29.3 Å². The van der Waals surface area contributed by atoms with Crippen molar-refractivity contribution in [3.05, 3.63) is 54.9 Å². The molecule has 1 aliphatic heterocycles. The molecule has 15 nitrogen and oxygen atoms in total. The van der Waals surface area contributed by atoms with Crippen LogP contribution in [0.3, 0.4) is 0 Å². The molecule has 4 aromatic heterocycles. The van der Waals surface area contributed by atoms with E-state index in [1.54, 1.807) is 18.0 Å². The number of fused-ring (bicyclic) bond motifs is 1. The maximum absolute atomic E-state index is 10.6. The number of aliphatic carboxylic acids is 3. The Morgan fingerprint density at radius 3 is 1.78 bits per heavy atom. The third-order valence-corrected chi connectivity index (χ3v) is 6.25. The van der Waals surface area contributed by atoms with E-state index in [0.29, 0.717) is 5.88 Å².